The molecule has 0 heterocycles. The fourth-order valence-electron chi connectivity index (χ4n) is 1.39. The topological polar surface area (TPSA) is 46.5 Å². The number of carbonyl (C=O) groups excluding carboxylic acids is 1. The molecule has 3 heteroatoms. The van der Waals surface area contributed by atoms with Gasteiger partial charge in [0, 0.05) is 12.0 Å². The molecule has 0 aliphatic rings. The minimum absolute atomic E-state index is 0.0739. The molecule has 17 heavy (non-hydrogen) atoms. The van der Waals surface area contributed by atoms with Gasteiger partial charge in [-0.25, -0.2) is 0 Å². The van der Waals surface area contributed by atoms with E-state index in [0.29, 0.717) is 6.42 Å². The first-order chi connectivity index (χ1) is 8.19. The van der Waals surface area contributed by atoms with Crippen LogP contribution < -0.4 is 0 Å². The maximum Gasteiger partial charge on any atom is 0.312 e. The Bertz CT molecular complexity index is 423. The Kier molecular flexibility index (Phi) is 5.25. The largest absolute Gasteiger partial charge is 0.469 e. The number of hydrogen-bond donors (Lipinski definition) is 1. The van der Waals surface area contributed by atoms with E-state index >= 15 is 0 Å². The van der Waals surface area contributed by atoms with Crippen molar-refractivity contribution in [2.75, 3.05) is 13.7 Å². The number of aliphatic hydroxyl groups excluding tert-OH is 1. The summed E-state index contributed by atoms with van der Waals surface area (Å²) in [6.07, 6.45) is 0.473. The van der Waals surface area contributed by atoms with Gasteiger partial charge in [-0.1, -0.05) is 24.0 Å². The zero-order chi connectivity index (χ0) is 12.7. The molecule has 0 fully saturated rings. The van der Waals surface area contributed by atoms with E-state index in [0.717, 1.165) is 11.1 Å². The van der Waals surface area contributed by atoms with Crippen molar-refractivity contribution >= 4 is 5.97 Å². The number of carbonyl (C=O) groups is 1. The van der Waals surface area contributed by atoms with Crippen LogP contribution in [0, 0.1) is 11.8 Å². The lowest BCUT2D eigenvalue weighted by Gasteiger charge is -2.08. The fraction of sp³-hybridized carbons (Fsp3) is 0.357. The van der Waals surface area contributed by atoms with Crippen LogP contribution >= 0.6 is 0 Å². The molecule has 0 aromatic heterocycles. The number of aliphatic hydroxyl groups is 1. The van der Waals surface area contributed by atoms with E-state index in [9.17, 15) is 4.79 Å². The zero-order valence-electron chi connectivity index (χ0n) is 10.1. The van der Waals surface area contributed by atoms with E-state index in [-0.39, 0.29) is 18.5 Å². The van der Waals surface area contributed by atoms with Gasteiger partial charge in [0.15, 0.2) is 0 Å². The Labute approximate surface area is 101 Å². The summed E-state index contributed by atoms with van der Waals surface area (Å²) < 4.78 is 4.68. The standard InChI is InChI=1S/C14H16O3/c1-11(14(16)17-2)13-8-6-12(7-9-13)5-3-4-10-15/h6-9,11,15H,4,10H2,1-2H3/t11-/m0/s1. The molecule has 0 aliphatic heterocycles. The molecular weight excluding hydrogens is 216 g/mol. The summed E-state index contributed by atoms with van der Waals surface area (Å²) in [7, 11) is 1.38. The number of esters is 1. The molecule has 3 nitrogen and oxygen atoms in total. The number of ether oxygens (including phenoxy) is 1. The molecular formula is C14H16O3. The molecule has 0 aliphatic carbocycles. The van der Waals surface area contributed by atoms with Gasteiger partial charge in [-0.2, -0.15) is 0 Å². The highest BCUT2D eigenvalue weighted by Crippen LogP contribution is 2.16. The molecule has 0 amide bonds. The second-order valence-corrected chi connectivity index (χ2v) is 3.64. The number of methoxy groups -OCH3 is 1. The lowest BCUT2D eigenvalue weighted by Crippen LogP contribution is -2.10. The van der Waals surface area contributed by atoms with Crippen LogP contribution in [0.4, 0.5) is 0 Å². The normalized spacial score (nSPS) is 11.2. The highest BCUT2D eigenvalue weighted by molar-refractivity contribution is 5.77. The molecule has 0 unspecified atom stereocenters. The maximum atomic E-state index is 11.3. The summed E-state index contributed by atoms with van der Waals surface area (Å²) in [6, 6.07) is 7.45. The molecule has 0 radical (unpaired) electrons. The minimum atomic E-state index is -0.264. The van der Waals surface area contributed by atoms with Gasteiger partial charge in [0.05, 0.1) is 19.6 Å². The van der Waals surface area contributed by atoms with Crippen molar-refractivity contribution in [3.8, 4) is 11.8 Å². The van der Waals surface area contributed by atoms with Gasteiger partial charge in [0.2, 0.25) is 0 Å². The smallest absolute Gasteiger partial charge is 0.312 e. The maximum absolute atomic E-state index is 11.3. The van der Waals surface area contributed by atoms with Crippen molar-refractivity contribution in [2.24, 2.45) is 0 Å². The van der Waals surface area contributed by atoms with E-state index < -0.39 is 0 Å². The van der Waals surface area contributed by atoms with Crippen LogP contribution in [0.1, 0.15) is 30.4 Å². The summed E-state index contributed by atoms with van der Waals surface area (Å²) in [6.45, 7) is 1.88. The predicted molar refractivity (Wildman–Crippen MR) is 65.5 cm³/mol. The Morgan fingerprint density at radius 2 is 2.06 bits per heavy atom. The minimum Gasteiger partial charge on any atom is -0.469 e. The van der Waals surface area contributed by atoms with Gasteiger partial charge >= 0.3 is 5.97 Å². The number of hydrogen-bond acceptors (Lipinski definition) is 3. The Morgan fingerprint density at radius 1 is 1.41 bits per heavy atom. The molecule has 90 valence electrons. The van der Waals surface area contributed by atoms with Crippen molar-refractivity contribution < 1.29 is 14.6 Å². The number of rotatable bonds is 3. The van der Waals surface area contributed by atoms with Gasteiger partial charge in [-0.05, 0) is 24.6 Å². The van der Waals surface area contributed by atoms with Crippen LogP contribution in [0.15, 0.2) is 24.3 Å². The first-order valence-corrected chi connectivity index (χ1v) is 5.46. The third kappa shape index (κ3) is 3.93. The van der Waals surface area contributed by atoms with E-state index in [2.05, 4.69) is 16.6 Å². The van der Waals surface area contributed by atoms with E-state index in [1.54, 1.807) is 6.92 Å². The summed E-state index contributed by atoms with van der Waals surface area (Å²) in [4.78, 5) is 11.3. The molecule has 0 saturated heterocycles. The van der Waals surface area contributed by atoms with Gasteiger partial charge in [-0.15, -0.1) is 0 Å². The molecule has 1 N–H and O–H groups in total. The Hall–Kier alpha value is -1.79. The molecule has 0 spiro atoms. The lowest BCUT2D eigenvalue weighted by molar-refractivity contribution is -0.141. The average molecular weight is 232 g/mol. The van der Waals surface area contributed by atoms with Gasteiger partial charge in [0.1, 0.15) is 0 Å². The molecule has 1 rings (SSSR count). The fourth-order valence-corrected chi connectivity index (χ4v) is 1.39. The van der Waals surface area contributed by atoms with Crippen LogP contribution in [0.2, 0.25) is 0 Å². The summed E-state index contributed by atoms with van der Waals surface area (Å²) >= 11 is 0. The van der Waals surface area contributed by atoms with Gasteiger partial charge in [-0.3, -0.25) is 4.79 Å². The van der Waals surface area contributed by atoms with Gasteiger partial charge < -0.3 is 9.84 Å². The lowest BCUT2D eigenvalue weighted by atomic mass is 10.00. The van der Waals surface area contributed by atoms with E-state index in [4.69, 9.17) is 5.11 Å². The molecule has 1 aromatic carbocycles. The van der Waals surface area contributed by atoms with Crippen LogP contribution in [0.3, 0.4) is 0 Å². The molecule has 0 bridgehead atoms. The third-order valence-electron chi connectivity index (χ3n) is 2.43. The van der Waals surface area contributed by atoms with Crippen molar-refractivity contribution in [3.63, 3.8) is 0 Å². The summed E-state index contributed by atoms with van der Waals surface area (Å²) in [5, 5.41) is 8.60. The van der Waals surface area contributed by atoms with Crippen molar-refractivity contribution in [1.29, 1.82) is 0 Å². The predicted octanol–water partition coefficient (Wildman–Crippen LogP) is 1.70. The second-order valence-electron chi connectivity index (χ2n) is 3.64. The Morgan fingerprint density at radius 3 is 2.59 bits per heavy atom. The summed E-state index contributed by atoms with van der Waals surface area (Å²) in [5.74, 6) is 5.26. The first kappa shape index (κ1) is 13.3. The van der Waals surface area contributed by atoms with Crippen molar-refractivity contribution in [3.05, 3.63) is 35.4 Å². The molecule has 1 atom stereocenters. The van der Waals surface area contributed by atoms with E-state index in [1.807, 2.05) is 24.3 Å². The molecule has 0 saturated carbocycles. The first-order valence-electron chi connectivity index (χ1n) is 5.46. The van der Waals surface area contributed by atoms with Crippen LogP contribution in [-0.4, -0.2) is 24.8 Å². The van der Waals surface area contributed by atoms with Crippen molar-refractivity contribution in [1.82, 2.24) is 0 Å². The highest BCUT2D eigenvalue weighted by atomic mass is 16.5. The molecule has 1 aromatic rings. The average Bonchev–Trinajstić information content (AvgIpc) is 2.38. The second kappa shape index (κ2) is 6.72. The highest BCUT2D eigenvalue weighted by Gasteiger charge is 2.14. The zero-order valence-corrected chi connectivity index (χ0v) is 10.1. The van der Waals surface area contributed by atoms with Crippen molar-refractivity contribution in [2.45, 2.75) is 19.3 Å². The third-order valence-corrected chi connectivity index (χ3v) is 2.43. The SMILES string of the molecule is COC(=O)[C@@H](C)c1ccc(C#CCCO)cc1. The number of benzene rings is 1. The van der Waals surface area contributed by atoms with Gasteiger partial charge in [0.25, 0.3) is 0 Å². The van der Waals surface area contributed by atoms with Crippen LogP contribution in [0.25, 0.3) is 0 Å². The Balaban J connectivity index is 2.75. The van der Waals surface area contributed by atoms with E-state index in [1.165, 1.54) is 7.11 Å². The quantitative estimate of drug-likeness (QED) is 0.637. The van der Waals surface area contributed by atoms with Crippen LogP contribution in [0.5, 0.6) is 0 Å². The monoisotopic (exact) mass is 232 g/mol. The van der Waals surface area contributed by atoms with Crippen LogP contribution in [-0.2, 0) is 9.53 Å². The summed E-state index contributed by atoms with van der Waals surface area (Å²) in [5.41, 5.74) is 1.78.